The first kappa shape index (κ1) is 26.4. The molecule has 3 N–H and O–H groups in total. The molecule has 9 nitrogen and oxygen atoms in total. The predicted molar refractivity (Wildman–Crippen MR) is 134 cm³/mol. The Morgan fingerprint density at radius 1 is 1.03 bits per heavy atom. The van der Waals surface area contributed by atoms with Gasteiger partial charge in [0.05, 0.1) is 4.90 Å². The number of hydrogen-bond acceptors (Lipinski definition) is 6. The summed E-state index contributed by atoms with van der Waals surface area (Å²) < 4.78 is 27.8. The fourth-order valence-corrected chi connectivity index (χ4v) is 4.61. The van der Waals surface area contributed by atoms with Crippen LogP contribution in [0.15, 0.2) is 95.6 Å². The molecule has 0 fully saturated rings. The van der Waals surface area contributed by atoms with E-state index in [1.165, 1.54) is 29.2 Å². The molecule has 0 radical (unpaired) electrons. The molecule has 36 heavy (non-hydrogen) atoms. The molecule has 0 bridgehead atoms. The summed E-state index contributed by atoms with van der Waals surface area (Å²) in [6.07, 6.45) is 5.10. The maximum atomic E-state index is 12.9. The molecule has 1 heterocycles. The molecule has 1 aliphatic rings. The van der Waals surface area contributed by atoms with E-state index in [0.29, 0.717) is 37.1 Å². The van der Waals surface area contributed by atoms with Crippen LogP contribution >= 0.6 is 0 Å². The Morgan fingerprint density at radius 2 is 1.78 bits per heavy atom. The molecule has 2 amide bonds. The number of aliphatic carboxylic acids is 1. The Bertz CT molecular complexity index is 1320. The average Bonchev–Trinajstić information content (AvgIpc) is 2.87. The maximum absolute atomic E-state index is 12.9. The highest BCUT2D eigenvalue weighted by Gasteiger charge is 2.26. The summed E-state index contributed by atoms with van der Waals surface area (Å²) in [5.41, 5.74) is 1.33. The van der Waals surface area contributed by atoms with Crippen LogP contribution < -0.4 is 10.0 Å². The van der Waals surface area contributed by atoms with Gasteiger partial charge in [0.1, 0.15) is 5.70 Å². The van der Waals surface area contributed by atoms with Crippen LogP contribution in [0.4, 0.5) is 0 Å². The van der Waals surface area contributed by atoms with Gasteiger partial charge in [0.25, 0.3) is 21.8 Å². The second-order valence-electron chi connectivity index (χ2n) is 8.00. The molecule has 0 aromatic heterocycles. The third-order valence-corrected chi connectivity index (χ3v) is 6.76. The summed E-state index contributed by atoms with van der Waals surface area (Å²) in [7, 11) is -4.18. The molecule has 2 aromatic carbocycles. The Balaban J connectivity index is 1.64. The van der Waals surface area contributed by atoms with Crippen LogP contribution in [0.2, 0.25) is 0 Å². The highest BCUT2D eigenvalue weighted by atomic mass is 32.2. The van der Waals surface area contributed by atoms with E-state index >= 15 is 0 Å². The van der Waals surface area contributed by atoms with Gasteiger partial charge in [0.2, 0.25) is 0 Å². The number of hydrogen-bond donors (Lipinski definition) is 3. The number of carboxylic acid groups (broad SMARTS) is 1. The van der Waals surface area contributed by atoms with E-state index in [0.717, 1.165) is 0 Å². The molecule has 0 atom stereocenters. The van der Waals surface area contributed by atoms with Crippen molar-refractivity contribution in [3.05, 3.63) is 102 Å². The molecule has 0 spiro atoms. The van der Waals surface area contributed by atoms with E-state index < -0.39 is 21.9 Å². The van der Waals surface area contributed by atoms with Crippen molar-refractivity contribution in [2.45, 2.75) is 17.7 Å². The number of carbonyl (C=O) groups excluding carboxylic acids is 2. The van der Waals surface area contributed by atoms with Gasteiger partial charge in [-0.1, -0.05) is 36.4 Å². The maximum Gasteiger partial charge on any atom is 0.352 e. The number of nitrogens with one attached hydrogen (secondary N) is 2. The Morgan fingerprint density at radius 3 is 2.47 bits per heavy atom. The third-order valence-electron chi connectivity index (χ3n) is 5.43. The van der Waals surface area contributed by atoms with Gasteiger partial charge in [0, 0.05) is 30.8 Å². The standard InChI is InChI=1S/C26H27N3O6S/c1-2-3-16-29-18-21(12-13-23(29)26(32)33)25(31)28-36(34,35)22-11-7-8-19(17-22)14-15-27-24(30)20-9-5-4-6-10-20/h2,4-13,17H,1,3,14-16,18H2,(H,27,30)(H,28,31)(H,32,33). The summed E-state index contributed by atoms with van der Waals surface area (Å²) in [6.45, 7) is 4.19. The lowest BCUT2D eigenvalue weighted by atomic mass is 10.1. The molecular weight excluding hydrogens is 482 g/mol. The van der Waals surface area contributed by atoms with Crippen molar-refractivity contribution < 1.29 is 27.9 Å². The smallest absolute Gasteiger partial charge is 0.352 e. The zero-order chi connectivity index (χ0) is 26.1. The van der Waals surface area contributed by atoms with Crippen LogP contribution in [0.1, 0.15) is 22.3 Å². The minimum absolute atomic E-state index is 0.0170. The average molecular weight is 510 g/mol. The molecule has 2 aromatic rings. The van der Waals surface area contributed by atoms with Gasteiger partial charge in [-0.2, -0.15) is 0 Å². The second-order valence-corrected chi connectivity index (χ2v) is 9.68. The number of nitrogens with zero attached hydrogens (tertiary/aromatic N) is 1. The lowest BCUT2D eigenvalue weighted by Gasteiger charge is -2.28. The van der Waals surface area contributed by atoms with E-state index in [4.69, 9.17) is 0 Å². The largest absolute Gasteiger partial charge is 0.477 e. The Hall–Kier alpha value is -4.18. The van der Waals surface area contributed by atoms with Gasteiger partial charge in [-0.25, -0.2) is 17.9 Å². The predicted octanol–water partition coefficient (Wildman–Crippen LogP) is 2.25. The monoisotopic (exact) mass is 509 g/mol. The van der Waals surface area contributed by atoms with E-state index in [1.54, 1.807) is 42.5 Å². The van der Waals surface area contributed by atoms with Gasteiger partial charge in [-0.3, -0.25) is 9.59 Å². The molecule has 0 saturated heterocycles. The number of carboxylic acids is 1. The molecule has 188 valence electrons. The van der Waals surface area contributed by atoms with E-state index in [9.17, 15) is 27.9 Å². The van der Waals surface area contributed by atoms with Crippen molar-refractivity contribution in [1.82, 2.24) is 14.9 Å². The normalized spacial score (nSPS) is 13.3. The number of sulfonamides is 1. The number of benzene rings is 2. The van der Waals surface area contributed by atoms with Gasteiger partial charge in [-0.15, -0.1) is 6.58 Å². The van der Waals surface area contributed by atoms with Crippen LogP contribution in [0.3, 0.4) is 0 Å². The lowest BCUT2D eigenvalue weighted by Crippen LogP contribution is -2.39. The number of amides is 2. The Kier molecular flexibility index (Phi) is 8.80. The van der Waals surface area contributed by atoms with Crippen molar-refractivity contribution in [2.24, 2.45) is 0 Å². The molecule has 0 unspecified atom stereocenters. The van der Waals surface area contributed by atoms with Gasteiger partial charge in [-0.05, 0) is 54.8 Å². The SMILES string of the molecule is C=CCCN1CC(C(=O)NS(=O)(=O)c2cccc(CCNC(=O)c3ccccc3)c2)=CC=C1C(=O)O. The molecule has 10 heteroatoms. The Labute approximate surface area is 209 Å². The number of rotatable bonds is 11. The van der Waals surface area contributed by atoms with Crippen molar-refractivity contribution in [3.63, 3.8) is 0 Å². The fraction of sp³-hybridized carbons (Fsp3) is 0.192. The van der Waals surface area contributed by atoms with Crippen LogP contribution in [0.5, 0.6) is 0 Å². The highest BCUT2D eigenvalue weighted by molar-refractivity contribution is 7.90. The quantitative estimate of drug-likeness (QED) is 0.396. The van der Waals surface area contributed by atoms with Crippen molar-refractivity contribution in [2.75, 3.05) is 19.6 Å². The summed E-state index contributed by atoms with van der Waals surface area (Å²) >= 11 is 0. The molecular formula is C26H27N3O6S. The highest BCUT2D eigenvalue weighted by Crippen LogP contribution is 2.18. The first-order valence-corrected chi connectivity index (χ1v) is 12.7. The molecule has 0 aliphatic carbocycles. The van der Waals surface area contributed by atoms with E-state index in [-0.39, 0.29) is 28.6 Å². The van der Waals surface area contributed by atoms with Crippen LogP contribution in [0, 0.1) is 0 Å². The van der Waals surface area contributed by atoms with Crippen LogP contribution in [0.25, 0.3) is 0 Å². The fourth-order valence-electron chi connectivity index (χ4n) is 3.56. The first-order chi connectivity index (χ1) is 17.2. The molecule has 0 saturated carbocycles. The number of carbonyl (C=O) groups is 3. The summed E-state index contributed by atoms with van der Waals surface area (Å²) in [4.78, 5) is 37.7. The summed E-state index contributed by atoms with van der Waals surface area (Å²) in [5, 5.41) is 12.1. The molecule has 3 rings (SSSR count). The number of allylic oxidation sites excluding steroid dienone is 2. The van der Waals surface area contributed by atoms with Gasteiger partial charge >= 0.3 is 5.97 Å². The van der Waals surface area contributed by atoms with E-state index in [2.05, 4.69) is 16.6 Å². The summed E-state index contributed by atoms with van der Waals surface area (Å²) in [5.74, 6) is -2.20. The second kappa shape index (κ2) is 12.0. The summed E-state index contributed by atoms with van der Waals surface area (Å²) in [6, 6.07) is 14.8. The van der Waals surface area contributed by atoms with Crippen LogP contribution in [-0.2, 0) is 26.0 Å². The topological polar surface area (TPSA) is 133 Å². The minimum Gasteiger partial charge on any atom is -0.477 e. The lowest BCUT2D eigenvalue weighted by molar-refractivity contribution is -0.134. The third kappa shape index (κ3) is 6.92. The van der Waals surface area contributed by atoms with E-state index in [1.807, 2.05) is 6.07 Å². The zero-order valence-corrected chi connectivity index (χ0v) is 20.3. The molecule has 1 aliphatic heterocycles. The minimum atomic E-state index is -4.18. The van der Waals surface area contributed by atoms with Gasteiger partial charge < -0.3 is 15.3 Å². The first-order valence-electron chi connectivity index (χ1n) is 11.2. The van der Waals surface area contributed by atoms with Gasteiger partial charge in [0.15, 0.2) is 0 Å². The van der Waals surface area contributed by atoms with Crippen molar-refractivity contribution in [3.8, 4) is 0 Å². The van der Waals surface area contributed by atoms with Crippen molar-refractivity contribution >= 4 is 27.8 Å². The van der Waals surface area contributed by atoms with Crippen molar-refractivity contribution in [1.29, 1.82) is 0 Å². The van der Waals surface area contributed by atoms with Crippen LogP contribution in [-0.4, -0.2) is 55.8 Å². The zero-order valence-electron chi connectivity index (χ0n) is 19.5.